The summed E-state index contributed by atoms with van der Waals surface area (Å²) in [5.74, 6) is -0.839. The van der Waals surface area contributed by atoms with Crippen molar-refractivity contribution >= 4 is 55.1 Å². The molecule has 0 spiro atoms. The topological polar surface area (TPSA) is 86.8 Å². The van der Waals surface area contributed by atoms with E-state index >= 15 is 0 Å². The van der Waals surface area contributed by atoms with Gasteiger partial charge in [-0.3, -0.25) is 13.9 Å². The van der Waals surface area contributed by atoms with Gasteiger partial charge in [-0.1, -0.05) is 39.7 Å². The highest BCUT2D eigenvalue weighted by atomic mass is 79.9. The van der Waals surface area contributed by atoms with Crippen molar-refractivity contribution in [2.75, 3.05) is 17.1 Å². The number of sulfonamides is 1. The smallest absolute Gasteiger partial charge is 0.244 e. The number of carbonyl (C=O) groups excluding carboxylic acids is 2. The van der Waals surface area contributed by atoms with Crippen molar-refractivity contribution in [3.63, 3.8) is 0 Å². The molecule has 0 saturated carbocycles. The molecule has 0 aliphatic heterocycles. The van der Waals surface area contributed by atoms with Crippen molar-refractivity contribution in [3.8, 4) is 0 Å². The molecule has 0 heterocycles. The fourth-order valence-electron chi connectivity index (χ4n) is 3.06. The van der Waals surface area contributed by atoms with Gasteiger partial charge in [-0.2, -0.15) is 0 Å². The van der Waals surface area contributed by atoms with Gasteiger partial charge >= 0.3 is 0 Å². The predicted molar refractivity (Wildman–Crippen MR) is 136 cm³/mol. The monoisotopic (exact) mass is 557 g/mol. The first-order valence-corrected chi connectivity index (χ1v) is 13.3. The first-order chi connectivity index (χ1) is 15.2. The number of amides is 2. The van der Waals surface area contributed by atoms with Crippen LogP contribution in [0.3, 0.4) is 0 Å². The lowest BCUT2D eigenvalue weighted by atomic mass is 10.1. The third kappa shape index (κ3) is 8.32. The first kappa shape index (κ1) is 27.1. The van der Waals surface area contributed by atoms with Crippen molar-refractivity contribution < 1.29 is 18.0 Å². The number of hydrogen-bond acceptors (Lipinski definition) is 4. The summed E-state index contributed by atoms with van der Waals surface area (Å²) < 4.78 is 26.8. The molecule has 0 aromatic heterocycles. The molecule has 2 aromatic carbocycles. The number of anilines is 1. The van der Waals surface area contributed by atoms with Crippen LogP contribution in [-0.2, 0) is 26.2 Å². The molecule has 0 aliphatic carbocycles. The van der Waals surface area contributed by atoms with Gasteiger partial charge in [0.2, 0.25) is 21.8 Å². The van der Waals surface area contributed by atoms with Gasteiger partial charge < -0.3 is 10.2 Å². The maximum atomic E-state index is 13.4. The van der Waals surface area contributed by atoms with E-state index in [1.807, 2.05) is 20.8 Å². The van der Waals surface area contributed by atoms with Crippen LogP contribution in [0.5, 0.6) is 0 Å². The minimum Gasteiger partial charge on any atom is -0.350 e. The average molecular weight is 559 g/mol. The van der Waals surface area contributed by atoms with Gasteiger partial charge in [0.15, 0.2) is 0 Å². The lowest BCUT2D eigenvalue weighted by Crippen LogP contribution is -2.54. The second-order valence-corrected chi connectivity index (χ2v) is 12.1. The standard InChI is InChI=1S/C23H29BrClN3O4S/c1-16(22(30)26-23(2,3)4)27(14-17-6-10-19(25)11-7-17)21(29)15-28(33(5,31)32)20-12-8-18(24)9-13-20/h6-13,16H,14-15H2,1-5H3,(H,26,30)/t16-/m0/s1. The molecule has 0 radical (unpaired) electrons. The number of hydrogen-bond donors (Lipinski definition) is 1. The van der Waals surface area contributed by atoms with Gasteiger partial charge in [0.1, 0.15) is 12.6 Å². The van der Waals surface area contributed by atoms with Gasteiger partial charge in [-0.15, -0.1) is 0 Å². The zero-order chi connectivity index (χ0) is 25.0. The molecule has 0 fully saturated rings. The summed E-state index contributed by atoms with van der Waals surface area (Å²) >= 11 is 9.30. The highest BCUT2D eigenvalue weighted by Gasteiger charge is 2.31. The fraction of sp³-hybridized carbons (Fsp3) is 0.391. The van der Waals surface area contributed by atoms with E-state index in [9.17, 15) is 18.0 Å². The molecule has 2 amide bonds. The summed E-state index contributed by atoms with van der Waals surface area (Å²) in [6.07, 6.45) is 1.04. The maximum Gasteiger partial charge on any atom is 0.244 e. The van der Waals surface area contributed by atoms with E-state index in [0.29, 0.717) is 10.7 Å². The van der Waals surface area contributed by atoms with Crippen LogP contribution in [0, 0.1) is 0 Å². The van der Waals surface area contributed by atoms with Crippen LogP contribution in [0.25, 0.3) is 0 Å². The maximum absolute atomic E-state index is 13.4. The van der Waals surface area contributed by atoms with Crippen LogP contribution < -0.4 is 9.62 Å². The molecule has 0 saturated heterocycles. The first-order valence-electron chi connectivity index (χ1n) is 10.3. The van der Waals surface area contributed by atoms with Crippen LogP contribution >= 0.6 is 27.5 Å². The lowest BCUT2D eigenvalue weighted by Gasteiger charge is -2.33. The number of halogens is 2. The summed E-state index contributed by atoms with van der Waals surface area (Å²) in [6, 6.07) is 12.7. The minimum atomic E-state index is -3.76. The highest BCUT2D eigenvalue weighted by Crippen LogP contribution is 2.22. The van der Waals surface area contributed by atoms with Crippen LogP contribution in [0.4, 0.5) is 5.69 Å². The highest BCUT2D eigenvalue weighted by molar-refractivity contribution is 9.10. The summed E-state index contributed by atoms with van der Waals surface area (Å²) in [5, 5.41) is 3.43. The minimum absolute atomic E-state index is 0.118. The Hall–Kier alpha value is -2.10. The summed E-state index contributed by atoms with van der Waals surface area (Å²) in [7, 11) is -3.76. The number of nitrogens with zero attached hydrogens (tertiary/aromatic N) is 2. The van der Waals surface area contributed by atoms with Gasteiger partial charge in [0.25, 0.3) is 0 Å². The Morgan fingerprint density at radius 2 is 1.61 bits per heavy atom. The molecule has 33 heavy (non-hydrogen) atoms. The van der Waals surface area contributed by atoms with E-state index in [-0.39, 0.29) is 12.5 Å². The lowest BCUT2D eigenvalue weighted by molar-refractivity contribution is -0.140. The van der Waals surface area contributed by atoms with Crippen molar-refractivity contribution in [1.29, 1.82) is 0 Å². The molecule has 180 valence electrons. The van der Waals surface area contributed by atoms with Crippen LogP contribution in [0.1, 0.15) is 33.3 Å². The Kier molecular flexibility index (Phi) is 8.95. The Balaban J connectivity index is 2.38. The van der Waals surface area contributed by atoms with Crippen LogP contribution in [-0.4, -0.2) is 49.5 Å². The van der Waals surface area contributed by atoms with Crippen molar-refractivity contribution in [3.05, 3.63) is 63.6 Å². The summed E-state index contributed by atoms with van der Waals surface area (Å²) in [5.41, 5.74) is 0.626. The molecule has 2 rings (SSSR count). The second-order valence-electron chi connectivity index (χ2n) is 8.81. The molecular formula is C23H29BrClN3O4S. The third-order valence-electron chi connectivity index (χ3n) is 4.73. The van der Waals surface area contributed by atoms with Crippen LogP contribution in [0.2, 0.25) is 5.02 Å². The predicted octanol–water partition coefficient (Wildman–Crippen LogP) is 4.20. The van der Waals surface area contributed by atoms with Gasteiger partial charge in [-0.25, -0.2) is 8.42 Å². The van der Waals surface area contributed by atoms with Gasteiger partial charge in [0, 0.05) is 21.6 Å². The zero-order valence-corrected chi connectivity index (χ0v) is 22.5. The molecule has 2 aromatic rings. The third-order valence-corrected chi connectivity index (χ3v) is 6.65. The van der Waals surface area contributed by atoms with Crippen molar-refractivity contribution in [2.45, 2.75) is 45.8 Å². The SMILES string of the molecule is C[C@@H](C(=O)NC(C)(C)C)N(Cc1ccc(Cl)cc1)C(=O)CN(c1ccc(Br)cc1)S(C)(=O)=O. The number of nitrogens with one attached hydrogen (secondary N) is 1. The van der Waals surface area contributed by atoms with E-state index in [4.69, 9.17) is 11.6 Å². The van der Waals surface area contributed by atoms with E-state index in [2.05, 4.69) is 21.2 Å². The van der Waals surface area contributed by atoms with E-state index in [0.717, 1.165) is 20.6 Å². The van der Waals surface area contributed by atoms with Gasteiger partial charge in [-0.05, 0) is 69.7 Å². The number of rotatable bonds is 8. The summed E-state index contributed by atoms with van der Waals surface area (Å²) in [6.45, 7) is 6.85. The Bertz CT molecular complexity index is 1080. The largest absolute Gasteiger partial charge is 0.350 e. The second kappa shape index (κ2) is 10.9. The van der Waals surface area contributed by atoms with Gasteiger partial charge in [0.05, 0.1) is 11.9 Å². The fourth-order valence-corrected chi connectivity index (χ4v) is 4.30. The van der Waals surface area contributed by atoms with E-state index in [1.165, 1.54) is 4.90 Å². The zero-order valence-electron chi connectivity index (χ0n) is 19.3. The molecule has 7 nitrogen and oxygen atoms in total. The molecule has 10 heteroatoms. The van der Waals surface area contributed by atoms with Crippen LogP contribution in [0.15, 0.2) is 53.0 Å². The van der Waals surface area contributed by atoms with E-state index < -0.39 is 34.1 Å². The molecule has 0 aliphatic rings. The normalized spacial score (nSPS) is 12.7. The van der Waals surface area contributed by atoms with Crippen molar-refractivity contribution in [1.82, 2.24) is 10.2 Å². The quantitative estimate of drug-likeness (QED) is 0.526. The number of carbonyl (C=O) groups is 2. The average Bonchev–Trinajstić information content (AvgIpc) is 2.69. The Morgan fingerprint density at radius 3 is 2.09 bits per heavy atom. The van der Waals surface area contributed by atoms with E-state index in [1.54, 1.807) is 55.5 Å². The van der Waals surface area contributed by atoms with Crippen molar-refractivity contribution in [2.24, 2.45) is 0 Å². The number of benzene rings is 2. The molecular weight excluding hydrogens is 530 g/mol. The molecule has 0 bridgehead atoms. The molecule has 1 atom stereocenters. The Labute approximate surface area is 209 Å². The molecule has 1 N–H and O–H groups in total. The molecule has 0 unspecified atom stereocenters. The Morgan fingerprint density at radius 1 is 1.06 bits per heavy atom. The summed E-state index contributed by atoms with van der Waals surface area (Å²) in [4.78, 5) is 27.7.